The Labute approximate surface area is 175 Å². The van der Waals surface area contributed by atoms with E-state index < -0.39 is 0 Å². The van der Waals surface area contributed by atoms with Crippen LogP contribution in [0, 0.1) is 11.3 Å². The topological polar surface area (TPSA) is 82.6 Å². The quantitative estimate of drug-likeness (QED) is 0.649. The SMILES string of the molecule is CCOc1ccc(-c2nc(C#N)c(N3CCN(C(=O)c4ccccc4)CC3)o2)cc1. The van der Waals surface area contributed by atoms with Crippen molar-refractivity contribution in [3.63, 3.8) is 0 Å². The normalized spacial score (nSPS) is 13.7. The lowest BCUT2D eigenvalue weighted by Crippen LogP contribution is -2.48. The van der Waals surface area contributed by atoms with Crippen LogP contribution in [-0.2, 0) is 0 Å². The van der Waals surface area contributed by atoms with E-state index >= 15 is 0 Å². The summed E-state index contributed by atoms with van der Waals surface area (Å²) in [5.41, 5.74) is 1.71. The first kappa shape index (κ1) is 19.5. The van der Waals surface area contributed by atoms with Crippen LogP contribution < -0.4 is 9.64 Å². The molecule has 0 aliphatic carbocycles. The van der Waals surface area contributed by atoms with Gasteiger partial charge in [0, 0.05) is 37.3 Å². The molecule has 3 aromatic rings. The molecule has 1 fully saturated rings. The first-order chi connectivity index (χ1) is 14.7. The third-order valence-corrected chi connectivity index (χ3v) is 5.00. The van der Waals surface area contributed by atoms with E-state index in [4.69, 9.17) is 9.15 Å². The van der Waals surface area contributed by atoms with Gasteiger partial charge >= 0.3 is 0 Å². The van der Waals surface area contributed by atoms with Gasteiger partial charge in [-0.3, -0.25) is 4.79 Å². The van der Waals surface area contributed by atoms with Gasteiger partial charge in [0.15, 0.2) is 0 Å². The van der Waals surface area contributed by atoms with Crippen LogP contribution in [0.2, 0.25) is 0 Å². The molecule has 1 aromatic heterocycles. The van der Waals surface area contributed by atoms with Crippen molar-refractivity contribution in [2.75, 3.05) is 37.7 Å². The molecule has 2 heterocycles. The highest BCUT2D eigenvalue weighted by Crippen LogP contribution is 2.30. The van der Waals surface area contributed by atoms with E-state index in [1.54, 1.807) is 0 Å². The summed E-state index contributed by atoms with van der Waals surface area (Å²) in [4.78, 5) is 20.8. The van der Waals surface area contributed by atoms with Crippen molar-refractivity contribution in [1.29, 1.82) is 5.26 Å². The number of aromatic nitrogens is 1. The summed E-state index contributed by atoms with van der Waals surface area (Å²) < 4.78 is 11.4. The molecule has 0 unspecified atom stereocenters. The number of anilines is 1. The van der Waals surface area contributed by atoms with Gasteiger partial charge in [-0.15, -0.1) is 0 Å². The molecule has 1 amide bonds. The Kier molecular flexibility index (Phi) is 5.66. The maximum absolute atomic E-state index is 12.6. The Morgan fingerprint density at radius 3 is 2.43 bits per heavy atom. The summed E-state index contributed by atoms with van der Waals surface area (Å²) in [6, 6.07) is 18.8. The number of piperazine rings is 1. The van der Waals surface area contributed by atoms with Gasteiger partial charge in [-0.25, -0.2) is 0 Å². The van der Waals surface area contributed by atoms with Gasteiger partial charge in [0.05, 0.1) is 6.61 Å². The molecule has 1 aliphatic rings. The Morgan fingerprint density at radius 1 is 1.10 bits per heavy atom. The zero-order valence-corrected chi connectivity index (χ0v) is 16.7. The van der Waals surface area contributed by atoms with Gasteiger partial charge in [0.25, 0.3) is 5.91 Å². The van der Waals surface area contributed by atoms with Crippen LogP contribution in [0.5, 0.6) is 5.75 Å². The largest absolute Gasteiger partial charge is 0.494 e. The third kappa shape index (κ3) is 3.98. The molecule has 152 valence electrons. The predicted molar refractivity (Wildman–Crippen MR) is 112 cm³/mol. The number of hydrogen-bond acceptors (Lipinski definition) is 6. The first-order valence-corrected chi connectivity index (χ1v) is 9.93. The molecule has 2 aromatic carbocycles. The van der Waals surface area contributed by atoms with E-state index in [-0.39, 0.29) is 11.6 Å². The highest BCUT2D eigenvalue weighted by atomic mass is 16.5. The number of rotatable bonds is 5. The second kappa shape index (κ2) is 8.70. The van der Waals surface area contributed by atoms with Crippen LogP contribution in [0.25, 0.3) is 11.5 Å². The molecule has 1 saturated heterocycles. The summed E-state index contributed by atoms with van der Waals surface area (Å²) in [6.45, 7) is 4.78. The van der Waals surface area contributed by atoms with Gasteiger partial charge in [0.2, 0.25) is 17.5 Å². The second-order valence-electron chi connectivity index (χ2n) is 6.89. The third-order valence-electron chi connectivity index (χ3n) is 5.00. The molecule has 0 bridgehead atoms. The minimum atomic E-state index is 0.0170. The van der Waals surface area contributed by atoms with Crippen LogP contribution in [0.15, 0.2) is 59.0 Å². The van der Waals surface area contributed by atoms with Crippen LogP contribution in [-0.4, -0.2) is 48.6 Å². The van der Waals surface area contributed by atoms with Crippen molar-refractivity contribution >= 4 is 11.8 Å². The molecular formula is C23H22N4O3. The van der Waals surface area contributed by atoms with E-state index in [2.05, 4.69) is 11.1 Å². The minimum Gasteiger partial charge on any atom is -0.494 e. The number of amides is 1. The average molecular weight is 402 g/mol. The molecule has 0 saturated carbocycles. The zero-order valence-electron chi connectivity index (χ0n) is 16.7. The number of benzene rings is 2. The molecular weight excluding hydrogens is 380 g/mol. The lowest BCUT2D eigenvalue weighted by atomic mass is 10.2. The fourth-order valence-electron chi connectivity index (χ4n) is 3.46. The lowest BCUT2D eigenvalue weighted by molar-refractivity contribution is 0.0745. The smallest absolute Gasteiger partial charge is 0.253 e. The van der Waals surface area contributed by atoms with Crippen molar-refractivity contribution < 1.29 is 13.9 Å². The van der Waals surface area contributed by atoms with Gasteiger partial charge in [0.1, 0.15) is 11.8 Å². The van der Waals surface area contributed by atoms with Gasteiger partial charge in [-0.1, -0.05) is 18.2 Å². The fraction of sp³-hybridized carbons (Fsp3) is 0.261. The van der Waals surface area contributed by atoms with Crippen LogP contribution in [0.3, 0.4) is 0 Å². The number of nitriles is 1. The molecule has 7 nitrogen and oxygen atoms in total. The van der Waals surface area contributed by atoms with E-state index in [1.165, 1.54) is 0 Å². The Balaban J connectivity index is 1.47. The van der Waals surface area contributed by atoms with E-state index in [0.29, 0.717) is 50.1 Å². The summed E-state index contributed by atoms with van der Waals surface area (Å²) in [7, 11) is 0. The van der Waals surface area contributed by atoms with E-state index in [9.17, 15) is 10.1 Å². The summed E-state index contributed by atoms with van der Waals surface area (Å²) in [5, 5.41) is 9.53. The molecule has 0 radical (unpaired) electrons. The molecule has 30 heavy (non-hydrogen) atoms. The summed E-state index contributed by atoms with van der Waals surface area (Å²) >= 11 is 0. The Bertz CT molecular complexity index is 1050. The number of carbonyl (C=O) groups excluding carboxylic acids is 1. The summed E-state index contributed by atoms with van der Waals surface area (Å²) in [6.07, 6.45) is 0. The monoisotopic (exact) mass is 402 g/mol. The first-order valence-electron chi connectivity index (χ1n) is 9.93. The maximum atomic E-state index is 12.6. The number of carbonyl (C=O) groups is 1. The summed E-state index contributed by atoms with van der Waals surface area (Å²) in [5.74, 6) is 1.64. The highest BCUT2D eigenvalue weighted by molar-refractivity contribution is 5.94. The fourth-order valence-corrected chi connectivity index (χ4v) is 3.46. The van der Waals surface area contributed by atoms with Crippen molar-refractivity contribution in [2.45, 2.75) is 6.92 Å². The molecule has 1 aliphatic heterocycles. The highest BCUT2D eigenvalue weighted by Gasteiger charge is 2.27. The minimum absolute atomic E-state index is 0.0170. The second-order valence-corrected chi connectivity index (χ2v) is 6.89. The van der Waals surface area contributed by atoms with E-state index in [1.807, 2.05) is 71.3 Å². The average Bonchev–Trinajstić information content (AvgIpc) is 3.24. The van der Waals surface area contributed by atoms with Crippen molar-refractivity contribution in [2.24, 2.45) is 0 Å². The van der Waals surface area contributed by atoms with Crippen LogP contribution >= 0.6 is 0 Å². The molecule has 7 heteroatoms. The predicted octanol–water partition coefficient (Wildman–Crippen LogP) is 3.57. The van der Waals surface area contributed by atoms with Gasteiger partial charge in [-0.05, 0) is 43.3 Å². The molecule has 4 rings (SSSR count). The molecule has 0 spiro atoms. The number of hydrogen-bond donors (Lipinski definition) is 0. The zero-order chi connectivity index (χ0) is 20.9. The Hall–Kier alpha value is -3.79. The molecule has 0 atom stereocenters. The van der Waals surface area contributed by atoms with Crippen molar-refractivity contribution in [3.8, 4) is 23.3 Å². The van der Waals surface area contributed by atoms with Gasteiger partial charge in [-0.2, -0.15) is 10.2 Å². The van der Waals surface area contributed by atoms with Crippen LogP contribution in [0.4, 0.5) is 5.88 Å². The van der Waals surface area contributed by atoms with Crippen molar-refractivity contribution in [1.82, 2.24) is 9.88 Å². The van der Waals surface area contributed by atoms with Gasteiger partial charge < -0.3 is 19.0 Å². The number of ether oxygens (including phenoxy) is 1. The standard InChI is InChI=1S/C23H22N4O3/c1-2-29-19-10-8-17(9-11-19)21-25-20(16-24)23(30-21)27-14-12-26(13-15-27)22(28)18-6-4-3-5-7-18/h3-11H,2,12-15H2,1H3. The number of oxazole rings is 1. The number of nitrogens with zero attached hydrogens (tertiary/aromatic N) is 4. The molecule has 0 N–H and O–H groups in total. The van der Waals surface area contributed by atoms with Crippen LogP contribution in [0.1, 0.15) is 23.0 Å². The van der Waals surface area contributed by atoms with E-state index in [0.717, 1.165) is 11.3 Å². The Morgan fingerprint density at radius 2 is 1.80 bits per heavy atom. The lowest BCUT2D eigenvalue weighted by Gasteiger charge is -2.34. The van der Waals surface area contributed by atoms with Crippen molar-refractivity contribution in [3.05, 3.63) is 65.9 Å². The maximum Gasteiger partial charge on any atom is 0.253 e.